The third kappa shape index (κ3) is 8.88. The number of ether oxygens (including phenoxy) is 2. The minimum Gasteiger partial charge on any atom is -0.493 e. The summed E-state index contributed by atoms with van der Waals surface area (Å²) in [5.74, 6) is 0.535. The average Bonchev–Trinajstić information content (AvgIpc) is 2.52. The molecule has 1 rings (SSSR count). The molecule has 142 valence electrons. The van der Waals surface area contributed by atoms with Crippen molar-refractivity contribution in [3.05, 3.63) is 29.3 Å². The first-order chi connectivity index (χ1) is 11.7. The van der Waals surface area contributed by atoms with E-state index in [1.54, 1.807) is 13.8 Å². The average molecular weight is 372 g/mol. The van der Waals surface area contributed by atoms with Gasteiger partial charge in [-0.1, -0.05) is 13.0 Å². The molecular weight excluding hydrogens is 344 g/mol. The maximum atomic E-state index is 11.5. The van der Waals surface area contributed by atoms with Crippen molar-refractivity contribution in [1.82, 2.24) is 0 Å². The summed E-state index contributed by atoms with van der Waals surface area (Å²) < 4.78 is 37.6. The van der Waals surface area contributed by atoms with Crippen LogP contribution in [-0.2, 0) is 36.7 Å². The summed E-state index contributed by atoms with van der Waals surface area (Å²) in [4.78, 5) is 11.5. The van der Waals surface area contributed by atoms with Crippen LogP contribution in [0.2, 0.25) is 0 Å². The highest BCUT2D eigenvalue weighted by molar-refractivity contribution is 7.86. The van der Waals surface area contributed by atoms with Crippen molar-refractivity contribution in [2.24, 2.45) is 0 Å². The lowest BCUT2D eigenvalue weighted by molar-refractivity contribution is -0.143. The first kappa shape index (κ1) is 21.4. The third-order valence-electron chi connectivity index (χ3n) is 3.59. The monoisotopic (exact) mass is 372 g/mol. The van der Waals surface area contributed by atoms with Crippen LogP contribution in [-0.4, -0.2) is 40.0 Å². The fraction of sp³-hybridized carbons (Fsp3) is 0.611. The SMILES string of the molecule is CCOC(=O)CCc1ccc(OCC[C@@H](C)OS(C)(=O)=O)cc1CC. The zero-order valence-electron chi connectivity index (χ0n) is 15.4. The molecule has 0 amide bonds. The molecule has 0 bridgehead atoms. The second kappa shape index (κ2) is 10.4. The zero-order valence-corrected chi connectivity index (χ0v) is 16.2. The molecule has 0 aliphatic heterocycles. The Morgan fingerprint density at radius 2 is 1.92 bits per heavy atom. The van der Waals surface area contributed by atoms with Crippen molar-refractivity contribution in [3.8, 4) is 5.75 Å². The quantitative estimate of drug-likeness (QED) is 0.439. The second-order valence-corrected chi connectivity index (χ2v) is 7.44. The number of carbonyl (C=O) groups is 1. The highest BCUT2D eigenvalue weighted by Crippen LogP contribution is 2.20. The van der Waals surface area contributed by atoms with Gasteiger partial charge in [0.05, 0.1) is 25.6 Å². The van der Waals surface area contributed by atoms with Gasteiger partial charge in [0.15, 0.2) is 0 Å². The van der Waals surface area contributed by atoms with Crippen LogP contribution >= 0.6 is 0 Å². The van der Waals surface area contributed by atoms with Gasteiger partial charge in [-0.2, -0.15) is 8.42 Å². The highest BCUT2D eigenvalue weighted by atomic mass is 32.2. The molecule has 0 unspecified atom stereocenters. The first-order valence-electron chi connectivity index (χ1n) is 8.53. The van der Waals surface area contributed by atoms with E-state index in [-0.39, 0.29) is 5.97 Å². The zero-order chi connectivity index (χ0) is 18.9. The Hall–Kier alpha value is -1.60. The molecule has 0 saturated carbocycles. The summed E-state index contributed by atoms with van der Waals surface area (Å²) in [6, 6.07) is 5.79. The van der Waals surface area contributed by atoms with Crippen molar-refractivity contribution in [2.75, 3.05) is 19.5 Å². The maximum Gasteiger partial charge on any atom is 0.306 e. The predicted molar refractivity (Wildman–Crippen MR) is 96.3 cm³/mol. The van der Waals surface area contributed by atoms with Crippen molar-refractivity contribution < 1.29 is 26.9 Å². The largest absolute Gasteiger partial charge is 0.493 e. The first-order valence-corrected chi connectivity index (χ1v) is 10.3. The minimum absolute atomic E-state index is 0.190. The molecule has 0 fully saturated rings. The Kier molecular flexibility index (Phi) is 8.92. The lowest BCUT2D eigenvalue weighted by Crippen LogP contribution is -2.17. The number of aryl methyl sites for hydroxylation is 2. The molecule has 0 N–H and O–H groups in total. The summed E-state index contributed by atoms with van der Waals surface area (Å²) in [6.07, 6.45) is 2.92. The van der Waals surface area contributed by atoms with E-state index in [0.29, 0.717) is 32.5 Å². The lowest BCUT2D eigenvalue weighted by atomic mass is 10.0. The molecule has 25 heavy (non-hydrogen) atoms. The second-order valence-electron chi connectivity index (χ2n) is 5.84. The summed E-state index contributed by atoms with van der Waals surface area (Å²) in [7, 11) is -3.45. The normalized spacial score (nSPS) is 12.6. The van der Waals surface area contributed by atoms with Gasteiger partial charge in [-0.3, -0.25) is 8.98 Å². The molecule has 0 aliphatic carbocycles. The van der Waals surface area contributed by atoms with Gasteiger partial charge in [0.1, 0.15) is 5.75 Å². The molecule has 0 aromatic heterocycles. The van der Waals surface area contributed by atoms with Gasteiger partial charge in [-0.05, 0) is 49.9 Å². The van der Waals surface area contributed by atoms with E-state index in [9.17, 15) is 13.2 Å². The number of rotatable bonds is 11. The van der Waals surface area contributed by atoms with Gasteiger partial charge in [0.25, 0.3) is 10.1 Å². The Labute approximate surface area is 150 Å². The van der Waals surface area contributed by atoms with Crippen molar-refractivity contribution in [2.45, 2.75) is 52.6 Å². The highest BCUT2D eigenvalue weighted by Gasteiger charge is 2.11. The van der Waals surface area contributed by atoms with E-state index >= 15 is 0 Å². The maximum absolute atomic E-state index is 11.5. The molecule has 6 nitrogen and oxygen atoms in total. The Morgan fingerprint density at radius 3 is 2.52 bits per heavy atom. The molecule has 1 aromatic rings. The molecule has 0 radical (unpaired) electrons. The van der Waals surface area contributed by atoms with Crippen LogP contribution in [0.5, 0.6) is 5.75 Å². The molecular formula is C18H28O6S. The number of hydrogen-bond acceptors (Lipinski definition) is 6. The van der Waals surface area contributed by atoms with E-state index in [4.69, 9.17) is 13.7 Å². The molecule has 0 saturated heterocycles. The van der Waals surface area contributed by atoms with Gasteiger partial charge in [-0.25, -0.2) is 0 Å². The van der Waals surface area contributed by atoms with Crippen LogP contribution in [0.4, 0.5) is 0 Å². The Balaban J connectivity index is 2.55. The van der Waals surface area contributed by atoms with Gasteiger partial charge in [-0.15, -0.1) is 0 Å². The lowest BCUT2D eigenvalue weighted by Gasteiger charge is -2.14. The van der Waals surface area contributed by atoms with Gasteiger partial charge < -0.3 is 9.47 Å². The molecule has 1 aromatic carbocycles. The number of hydrogen-bond donors (Lipinski definition) is 0. The van der Waals surface area contributed by atoms with E-state index in [2.05, 4.69) is 6.92 Å². The van der Waals surface area contributed by atoms with Crippen LogP contribution in [0.15, 0.2) is 18.2 Å². The van der Waals surface area contributed by atoms with E-state index in [1.165, 1.54) is 0 Å². The molecule has 1 atom stereocenters. The van der Waals surface area contributed by atoms with Crippen LogP contribution in [0, 0.1) is 0 Å². The van der Waals surface area contributed by atoms with E-state index in [1.807, 2.05) is 18.2 Å². The third-order valence-corrected chi connectivity index (χ3v) is 4.27. The van der Waals surface area contributed by atoms with Crippen LogP contribution < -0.4 is 4.74 Å². The standard InChI is InChI=1S/C18H28O6S/c1-5-15-13-17(23-12-11-14(3)24-25(4,20)21)9-7-16(15)8-10-18(19)22-6-2/h7,9,13-14H,5-6,8,10-12H2,1-4H3/t14-/m1/s1. The van der Waals surface area contributed by atoms with E-state index < -0.39 is 16.2 Å². The number of esters is 1. The smallest absolute Gasteiger partial charge is 0.306 e. The molecule has 0 spiro atoms. The predicted octanol–water partition coefficient (Wildman–Crippen LogP) is 2.88. The topological polar surface area (TPSA) is 78.9 Å². The fourth-order valence-corrected chi connectivity index (χ4v) is 3.12. The van der Waals surface area contributed by atoms with E-state index in [0.717, 1.165) is 29.6 Å². The van der Waals surface area contributed by atoms with Gasteiger partial charge >= 0.3 is 5.97 Å². The van der Waals surface area contributed by atoms with Crippen molar-refractivity contribution in [3.63, 3.8) is 0 Å². The van der Waals surface area contributed by atoms with Gasteiger partial charge in [0, 0.05) is 12.8 Å². The minimum atomic E-state index is -3.45. The van der Waals surface area contributed by atoms with Crippen molar-refractivity contribution >= 4 is 16.1 Å². The Bertz CT molecular complexity index is 654. The van der Waals surface area contributed by atoms with Crippen molar-refractivity contribution in [1.29, 1.82) is 0 Å². The molecule has 7 heteroatoms. The fourth-order valence-electron chi connectivity index (χ4n) is 2.42. The van der Waals surface area contributed by atoms with Gasteiger partial charge in [0.2, 0.25) is 0 Å². The summed E-state index contributed by atoms with van der Waals surface area (Å²) in [6.45, 7) is 6.30. The van der Waals surface area contributed by atoms with Crippen LogP contribution in [0.3, 0.4) is 0 Å². The Morgan fingerprint density at radius 1 is 1.20 bits per heavy atom. The summed E-state index contributed by atoms with van der Waals surface area (Å²) in [5.41, 5.74) is 2.24. The van der Waals surface area contributed by atoms with Crippen LogP contribution in [0.1, 0.15) is 44.7 Å². The summed E-state index contributed by atoms with van der Waals surface area (Å²) in [5, 5.41) is 0. The van der Waals surface area contributed by atoms with Crippen LogP contribution in [0.25, 0.3) is 0 Å². The summed E-state index contributed by atoms with van der Waals surface area (Å²) >= 11 is 0. The molecule has 0 heterocycles. The number of carbonyl (C=O) groups excluding carboxylic acids is 1. The number of benzene rings is 1. The molecule has 0 aliphatic rings.